The zero-order valence-electron chi connectivity index (χ0n) is 7.97. The second kappa shape index (κ2) is 4.50. The molecular weight excluding hydrogens is 217 g/mol. The third-order valence-electron chi connectivity index (χ3n) is 2.86. The molecule has 1 aromatic heterocycles. The van der Waals surface area contributed by atoms with Crippen molar-refractivity contribution in [3.05, 3.63) is 28.0 Å². The third-order valence-corrected chi connectivity index (χ3v) is 3.25. The fourth-order valence-corrected chi connectivity index (χ4v) is 2.63. The van der Waals surface area contributed by atoms with Crippen molar-refractivity contribution in [1.29, 1.82) is 0 Å². The summed E-state index contributed by atoms with van der Waals surface area (Å²) in [4.78, 5) is 3.96. The van der Waals surface area contributed by atoms with Gasteiger partial charge in [-0.1, -0.05) is 42.5 Å². The van der Waals surface area contributed by atoms with Crippen molar-refractivity contribution < 1.29 is 0 Å². The summed E-state index contributed by atoms with van der Waals surface area (Å²) in [5.74, 6) is 0.641. The van der Waals surface area contributed by atoms with Crippen LogP contribution in [0.1, 0.15) is 43.6 Å². The molecule has 0 amide bonds. The molecule has 2 rings (SSSR count). The molecule has 76 valence electrons. The molecule has 0 spiro atoms. The van der Waals surface area contributed by atoms with E-state index in [0.29, 0.717) is 16.2 Å². The SMILES string of the molecule is Clc1cc(C2CCCCC2)cc(Cl)n1. The maximum Gasteiger partial charge on any atom is 0.131 e. The number of aromatic nitrogens is 1. The Labute approximate surface area is 94.4 Å². The number of nitrogens with zero attached hydrogens (tertiary/aromatic N) is 1. The molecule has 0 saturated heterocycles. The number of hydrogen-bond donors (Lipinski definition) is 0. The first-order chi connectivity index (χ1) is 6.75. The second-order valence-corrected chi connectivity index (χ2v) is 4.66. The van der Waals surface area contributed by atoms with Gasteiger partial charge in [-0.3, -0.25) is 0 Å². The Balaban J connectivity index is 2.21. The van der Waals surface area contributed by atoms with Crippen molar-refractivity contribution in [3.63, 3.8) is 0 Å². The second-order valence-electron chi connectivity index (χ2n) is 3.88. The maximum atomic E-state index is 5.87. The standard InChI is InChI=1S/C11H13Cl2N/c12-10-6-9(7-11(13)14-10)8-4-2-1-3-5-8/h6-8H,1-5H2. The van der Waals surface area contributed by atoms with E-state index in [0.717, 1.165) is 0 Å². The molecule has 1 aliphatic carbocycles. The van der Waals surface area contributed by atoms with Gasteiger partial charge < -0.3 is 0 Å². The fourth-order valence-electron chi connectivity index (χ4n) is 2.15. The Morgan fingerprint density at radius 3 is 2.14 bits per heavy atom. The van der Waals surface area contributed by atoms with Crippen LogP contribution in [-0.2, 0) is 0 Å². The van der Waals surface area contributed by atoms with Crippen LogP contribution in [-0.4, -0.2) is 4.98 Å². The van der Waals surface area contributed by atoms with Crippen LogP contribution >= 0.6 is 23.2 Å². The first kappa shape index (κ1) is 10.3. The Bertz CT molecular complexity index is 299. The highest BCUT2D eigenvalue weighted by Crippen LogP contribution is 2.34. The lowest BCUT2D eigenvalue weighted by Gasteiger charge is -2.21. The van der Waals surface area contributed by atoms with Gasteiger partial charge in [0.25, 0.3) is 0 Å². The smallest absolute Gasteiger partial charge is 0.131 e. The Morgan fingerprint density at radius 1 is 1.00 bits per heavy atom. The highest BCUT2D eigenvalue weighted by molar-refractivity contribution is 6.32. The summed E-state index contributed by atoms with van der Waals surface area (Å²) < 4.78 is 0. The third kappa shape index (κ3) is 2.40. The van der Waals surface area contributed by atoms with Crippen LogP contribution in [0.4, 0.5) is 0 Å². The summed E-state index contributed by atoms with van der Waals surface area (Å²) in [6, 6.07) is 3.90. The first-order valence-corrected chi connectivity index (χ1v) is 5.84. The molecule has 14 heavy (non-hydrogen) atoms. The van der Waals surface area contributed by atoms with Crippen LogP contribution in [0.25, 0.3) is 0 Å². The van der Waals surface area contributed by atoms with Gasteiger partial charge in [-0.05, 0) is 36.5 Å². The van der Waals surface area contributed by atoms with E-state index >= 15 is 0 Å². The zero-order chi connectivity index (χ0) is 9.97. The molecule has 1 aliphatic rings. The van der Waals surface area contributed by atoms with Crippen molar-refractivity contribution in [3.8, 4) is 0 Å². The minimum atomic E-state index is 0.512. The fraction of sp³-hybridized carbons (Fsp3) is 0.545. The molecule has 0 bridgehead atoms. The number of pyridine rings is 1. The van der Waals surface area contributed by atoms with E-state index in [1.165, 1.54) is 37.7 Å². The van der Waals surface area contributed by atoms with Gasteiger partial charge in [-0.15, -0.1) is 0 Å². The predicted octanol–water partition coefficient (Wildman–Crippen LogP) is 4.44. The Hall–Kier alpha value is -0.270. The van der Waals surface area contributed by atoms with E-state index < -0.39 is 0 Å². The van der Waals surface area contributed by atoms with Crippen molar-refractivity contribution in [2.45, 2.75) is 38.0 Å². The van der Waals surface area contributed by atoms with Crippen molar-refractivity contribution in [2.75, 3.05) is 0 Å². The van der Waals surface area contributed by atoms with E-state index in [1.807, 2.05) is 12.1 Å². The molecule has 1 saturated carbocycles. The Kier molecular flexibility index (Phi) is 3.30. The molecule has 0 aliphatic heterocycles. The van der Waals surface area contributed by atoms with Gasteiger partial charge in [0.2, 0.25) is 0 Å². The average Bonchev–Trinajstić information content (AvgIpc) is 2.18. The van der Waals surface area contributed by atoms with Crippen molar-refractivity contribution in [2.24, 2.45) is 0 Å². The highest BCUT2D eigenvalue weighted by Gasteiger charge is 2.16. The van der Waals surface area contributed by atoms with Crippen LogP contribution < -0.4 is 0 Å². The molecule has 1 aromatic rings. The molecule has 1 heterocycles. The molecule has 0 aromatic carbocycles. The van der Waals surface area contributed by atoms with Gasteiger partial charge in [0.15, 0.2) is 0 Å². The summed E-state index contributed by atoms with van der Waals surface area (Å²) in [7, 11) is 0. The summed E-state index contributed by atoms with van der Waals surface area (Å²) >= 11 is 11.7. The average molecular weight is 230 g/mol. The molecule has 1 nitrogen and oxygen atoms in total. The first-order valence-electron chi connectivity index (χ1n) is 5.09. The van der Waals surface area contributed by atoms with E-state index in [1.54, 1.807) is 0 Å². The number of hydrogen-bond acceptors (Lipinski definition) is 1. The minimum Gasteiger partial charge on any atom is -0.224 e. The summed E-state index contributed by atoms with van der Waals surface area (Å²) in [5, 5.41) is 1.02. The summed E-state index contributed by atoms with van der Waals surface area (Å²) in [6.45, 7) is 0. The molecular formula is C11H13Cl2N. The zero-order valence-corrected chi connectivity index (χ0v) is 9.48. The van der Waals surface area contributed by atoms with Gasteiger partial charge in [-0.2, -0.15) is 0 Å². The topological polar surface area (TPSA) is 12.9 Å². The lowest BCUT2D eigenvalue weighted by atomic mass is 9.84. The number of rotatable bonds is 1. The molecule has 0 unspecified atom stereocenters. The van der Waals surface area contributed by atoms with Gasteiger partial charge in [0.1, 0.15) is 10.3 Å². The van der Waals surface area contributed by atoms with E-state index in [-0.39, 0.29) is 0 Å². The van der Waals surface area contributed by atoms with Crippen LogP contribution in [0, 0.1) is 0 Å². The van der Waals surface area contributed by atoms with Gasteiger partial charge in [0.05, 0.1) is 0 Å². The van der Waals surface area contributed by atoms with Crippen LogP contribution in [0.5, 0.6) is 0 Å². The quantitative estimate of drug-likeness (QED) is 0.650. The van der Waals surface area contributed by atoms with E-state index in [2.05, 4.69) is 4.98 Å². The van der Waals surface area contributed by atoms with E-state index in [4.69, 9.17) is 23.2 Å². The van der Waals surface area contributed by atoms with E-state index in [9.17, 15) is 0 Å². The molecule has 0 N–H and O–H groups in total. The van der Waals surface area contributed by atoms with Crippen molar-refractivity contribution in [1.82, 2.24) is 4.98 Å². The minimum absolute atomic E-state index is 0.512. The van der Waals surface area contributed by atoms with Crippen LogP contribution in [0.15, 0.2) is 12.1 Å². The number of halogens is 2. The molecule has 1 fully saturated rings. The van der Waals surface area contributed by atoms with Gasteiger partial charge in [-0.25, -0.2) is 4.98 Å². The maximum absolute atomic E-state index is 5.87. The Morgan fingerprint density at radius 2 is 1.57 bits per heavy atom. The summed E-state index contributed by atoms with van der Waals surface area (Å²) in [6.07, 6.45) is 6.53. The lowest BCUT2D eigenvalue weighted by Crippen LogP contribution is -2.04. The molecule has 0 radical (unpaired) electrons. The molecule has 3 heteroatoms. The van der Waals surface area contributed by atoms with Crippen LogP contribution in [0.3, 0.4) is 0 Å². The predicted molar refractivity (Wildman–Crippen MR) is 60.1 cm³/mol. The highest BCUT2D eigenvalue weighted by atomic mass is 35.5. The van der Waals surface area contributed by atoms with Crippen molar-refractivity contribution >= 4 is 23.2 Å². The largest absolute Gasteiger partial charge is 0.224 e. The normalized spacial score (nSPS) is 18.4. The van der Waals surface area contributed by atoms with Gasteiger partial charge >= 0.3 is 0 Å². The summed E-state index contributed by atoms with van der Waals surface area (Å²) in [5.41, 5.74) is 1.26. The van der Waals surface area contributed by atoms with Gasteiger partial charge in [0, 0.05) is 0 Å². The lowest BCUT2D eigenvalue weighted by molar-refractivity contribution is 0.443. The van der Waals surface area contributed by atoms with Crippen LogP contribution in [0.2, 0.25) is 10.3 Å². The monoisotopic (exact) mass is 229 g/mol. The molecule has 0 atom stereocenters.